The van der Waals surface area contributed by atoms with Crippen molar-refractivity contribution in [3.8, 4) is 0 Å². The summed E-state index contributed by atoms with van der Waals surface area (Å²) in [5.41, 5.74) is 2.09. The molecule has 23 heavy (non-hydrogen) atoms. The van der Waals surface area contributed by atoms with Crippen molar-refractivity contribution in [2.45, 2.75) is 31.8 Å². The summed E-state index contributed by atoms with van der Waals surface area (Å²) in [7, 11) is 0. The summed E-state index contributed by atoms with van der Waals surface area (Å²) < 4.78 is 0. The van der Waals surface area contributed by atoms with E-state index in [1.165, 1.54) is 0 Å². The molecule has 5 nitrogen and oxygen atoms in total. The number of carbonyl (C=O) groups excluding carboxylic acids is 1. The quantitative estimate of drug-likeness (QED) is 0.735. The van der Waals surface area contributed by atoms with E-state index in [4.69, 9.17) is 0 Å². The Hall–Kier alpha value is -2.40. The van der Waals surface area contributed by atoms with Gasteiger partial charge in [0.15, 0.2) is 0 Å². The summed E-state index contributed by atoms with van der Waals surface area (Å²) in [6, 6.07) is 12.9. The average molecular weight is 313 g/mol. The molecule has 2 aromatic rings. The summed E-state index contributed by atoms with van der Waals surface area (Å²) in [6.45, 7) is 1.91. The lowest BCUT2D eigenvalue weighted by atomic mass is 10.1. The first-order valence-electron chi connectivity index (χ1n) is 7.84. The second-order valence-corrected chi connectivity index (χ2v) is 5.43. The maximum Gasteiger partial charge on any atom is 0.315 e. The summed E-state index contributed by atoms with van der Waals surface area (Å²) in [5, 5.41) is 15.3. The van der Waals surface area contributed by atoms with Gasteiger partial charge in [0.25, 0.3) is 0 Å². The van der Waals surface area contributed by atoms with Gasteiger partial charge in [0.1, 0.15) is 0 Å². The Morgan fingerprint density at radius 1 is 1.13 bits per heavy atom. The third-order valence-electron chi connectivity index (χ3n) is 3.70. The van der Waals surface area contributed by atoms with E-state index in [1.807, 2.05) is 49.4 Å². The van der Waals surface area contributed by atoms with Crippen LogP contribution in [-0.2, 0) is 6.42 Å². The number of aliphatic hydroxyl groups is 1. The molecule has 1 aromatic carbocycles. The van der Waals surface area contributed by atoms with Crippen LogP contribution in [0.1, 0.15) is 30.5 Å². The van der Waals surface area contributed by atoms with Crippen LogP contribution in [-0.4, -0.2) is 28.8 Å². The highest BCUT2D eigenvalue weighted by atomic mass is 16.3. The predicted molar refractivity (Wildman–Crippen MR) is 90.0 cm³/mol. The van der Waals surface area contributed by atoms with Crippen LogP contribution in [0.25, 0.3) is 0 Å². The van der Waals surface area contributed by atoms with Crippen molar-refractivity contribution in [1.29, 1.82) is 0 Å². The number of amides is 2. The van der Waals surface area contributed by atoms with Gasteiger partial charge in [0.05, 0.1) is 18.7 Å². The molecule has 2 amide bonds. The van der Waals surface area contributed by atoms with Gasteiger partial charge >= 0.3 is 6.03 Å². The van der Waals surface area contributed by atoms with Gasteiger partial charge in [0, 0.05) is 12.4 Å². The Labute approximate surface area is 136 Å². The zero-order chi connectivity index (χ0) is 16.5. The van der Waals surface area contributed by atoms with E-state index < -0.39 is 0 Å². The summed E-state index contributed by atoms with van der Waals surface area (Å²) in [5.74, 6) is 0. The zero-order valence-corrected chi connectivity index (χ0v) is 13.3. The summed E-state index contributed by atoms with van der Waals surface area (Å²) in [4.78, 5) is 16.2. The number of nitrogens with one attached hydrogen (secondary N) is 2. The molecule has 0 radical (unpaired) electrons. The number of carbonyl (C=O) groups is 1. The van der Waals surface area contributed by atoms with Crippen molar-refractivity contribution in [1.82, 2.24) is 15.6 Å². The fraction of sp³-hybridized carbons (Fsp3) is 0.333. The minimum atomic E-state index is -0.313. The molecule has 3 N–H and O–H groups in total. The van der Waals surface area contributed by atoms with E-state index in [2.05, 4.69) is 15.6 Å². The summed E-state index contributed by atoms with van der Waals surface area (Å²) in [6.07, 6.45) is 4.80. The molecule has 0 spiro atoms. The van der Waals surface area contributed by atoms with Crippen LogP contribution in [0, 0.1) is 0 Å². The molecule has 1 heterocycles. The molecule has 2 rings (SSSR count). The highest BCUT2D eigenvalue weighted by molar-refractivity contribution is 5.74. The summed E-state index contributed by atoms with van der Waals surface area (Å²) >= 11 is 0. The van der Waals surface area contributed by atoms with Crippen LogP contribution in [0.3, 0.4) is 0 Å². The predicted octanol–water partition coefficient (Wildman–Crippen LogP) is 2.44. The van der Waals surface area contributed by atoms with Crippen molar-refractivity contribution in [3.05, 3.63) is 66.0 Å². The standard InChI is InChI=1S/C18H23N3O2/c1-2-17(15-8-10-19-11-9-15)21-18(23)20-16(13-22)12-14-6-4-3-5-7-14/h3-11,16-17,22H,2,12-13H2,1H3,(H2,20,21,23). The van der Waals surface area contributed by atoms with Crippen molar-refractivity contribution >= 4 is 6.03 Å². The van der Waals surface area contributed by atoms with E-state index in [0.29, 0.717) is 6.42 Å². The Balaban J connectivity index is 1.91. The third-order valence-corrected chi connectivity index (χ3v) is 3.70. The lowest BCUT2D eigenvalue weighted by molar-refractivity contribution is 0.213. The first kappa shape index (κ1) is 17.0. The fourth-order valence-electron chi connectivity index (χ4n) is 2.46. The zero-order valence-electron chi connectivity index (χ0n) is 13.3. The highest BCUT2D eigenvalue weighted by Crippen LogP contribution is 2.15. The first-order chi connectivity index (χ1) is 11.2. The number of benzene rings is 1. The fourth-order valence-corrected chi connectivity index (χ4v) is 2.46. The highest BCUT2D eigenvalue weighted by Gasteiger charge is 2.16. The maximum absolute atomic E-state index is 12.2. The van der Waals surface area contributed by atoms with Crippen LogP contribution < -0.4 is 10.6 Å². The van der Waals surface area contributed by atoms with Crippen LogP contribution >= 0.6 is 0 Å². The van der Waals surface area contributed by atoms with Crippen LogP contribution in [0.2, 0.25) is 0 Å². The number of pyridine rings is 1. The molecule has 0 saturated heterocycles. The van der Waals surface area contributed by atoms with E-state index >= 15 is 0 Å². The van der Waals surface area contributed by atoms with E-state index in [1.54, 1.807) is 12.4 Å². The van der Waals surface area contributed by atoms with Crippen LogP contribution in [0.5, 0.6) is 0 Å². The molecule has 0 aliphatic heterocycles. The van der Waals surface area contributed by atoms with Gasteiger partial charge in [-0.05, 0) is 36.1 Å². The molecule has 0 aliphatic carbocycles. The minimum absolute atomic E-state index is 0.0749. The number of aliphatic hydroxyl groups excluding tert-OH is 1. The number of hydrogen-bond acceptors (Lipinski definition) is 3. The van der Waals surface area contributed by atoms with Gasteiger partial charge in [0.2, 0.25) is 0 Å². The van der Waals surface area contributed by atoms with Gasteiger partial charge in [-0.2, -0.15) is 0 Å². The number of rotatable bonds is 7. The van der Waals surface area contributed by atoms with Gasteiger partial charge in [-0.3, -0.25) is 4.98 Å². The second kappa shape index (κ2) is 8.90. The Kier molecular flexibility index (Phi) is 6.56. The molecule has 0 fully saturated rings. The number of aromatic nitrogens is 1. The smallest absolute Gasteiger partial charge is 0.315 e. The maximum atomic E-state index is 12.2. The molecule has 0 aliphatic rings. The Bertz CT molecular complexity index is 590. The van der Waals surface area contributed by atoms with Gasteiger partial charge in [-0.25, -0.2) is 4.79 Å². The van der Waals surface area contributed by atoms with Gasteiger partial charge in [-0.1, -0.05) is 37.3 Å². The molecule has 122 valence electrons. The lowest BCUT2D eigenvalue weighted by Crippen LogP contribution is -2.45. The van der Waals surface area contributed by atoms with E-state index in [9.17, 15) is 9.90 Å². The Morgan fingerprint density at radius 3 is 2.43 bits per heavy atom. The topological polar surface area (TPSA) is 74.2 Å². The number of nitrogens with zero attached hydrogens (tertiary/aromatic N) is 1. The molecule has 5 heteroatoms. The van der Waals surface area contributed by atoms with Crippen LogP contribution in [0.4, 0.5) is 4.79 Å². The SMILES string of the molecule is CCC(NC(=O)NC(CO)Cc1ccccc1)c1ccncc1. The van der Waals surface area contributed by atoms with E-state index in [0.717, 1.165) is 17.5 Å². The first-order valence-corrected chi connectivity index (χ1v) is 7.84. The lowest BCUT2D eigenvalue weighted by Gasteiger charge is -2.21. The average Bonchev–Trinajstić information content (AvgIpc) is 2.60. The van der Waals surface area contributed by atoms with Crippen molar-refractivity contribution in [3.63, 3.8) is 0 Å². The molecule has 0 bridgehead atoms. The van der Waals surface area contributed by atoms with Crippen molar-refractivity contribution < 1.29 is 9.90 Å². The largest absolute Gasteiger partial charge is 0.394 e. The minimum Gasteiger partial charge on any atom is -0.394 e. The van der Waals surface area contributed by atoms with Gasteiger partial charge < -0.3 is 15.7 Å². The monoisotopic (exact) mass is 313 g/mol. The van der Waals surface area contributed by atoms with E-state index in [-0.39, 0.29) is 24.7 Å². The molecule has 0 saturated carbocycles. The Morgan fingerprint density at radius 2 is 1.83 bits per heavy atom. The molecule has 2 unspecified atom stereocenters. The molecular formula is C18H23N3O2. The normalized spacial score (nSPS) is 13.1. The molecular weight excluding hydrogens is 290 g/mol. The molecule has 1 aromatic heterocycles. The van der Waals surface area contributed by atoms with Crippen LogP contribution in [0.15, 0.2) is 54.9 Å². The number of hydrogen-bond donors (Lipinski definition) is 3. The molecule has 2 atom stereocenters. The van der Waals surface area contributed by atoms with Crippen molar-refractivity contribution in [2.24, 2.45) is 0 Å². The van der Waals surface area contributed by atoms with Crippen molar-refractivity contribution in [2.75, 3.05) is 6.61 Å². The second-order valence-electron chi connectivity index (χ2n) is 5.43. The van der Waals surface area contributed by atoms with Gasteiger partial charge in [-0.15, -0.1) is 0 Å². The third kappa shape index (κ3) is 5.38. The number of urea groups is 1.